The minimum Gasteiger partial charge on any atom is -0.444 e. The van der Waals surface area contributed by atoms with Crippen molar-refractivity contribution in [3.05, 3.63) is 35.9 Å². The summed E-state index contributed by atoms with van der Waals surface area (Å²) in [4.78, 5) is 14.2. The normalized spacial score (nSPS) is 24.3. The van der Waals surface area contributed by atoms with Crippen LogP contribution in [0.15, 0.2) is 30.3 Å². The van der Waals surface area contributed by atoms with Crippen molar-refractivity contribution in [1.82, 2.24) is 10.2 Å². The molecule has 1 amide bonds. The molecule has 1 aromatic rings. The Kier molecular flexibility index (Phi) is 4.34. The number of hydrogen-bond acceptors (Lipinski definition) is 3. The number of hydrogen-bond donors (Lipinski definition) is 1. The van der Waals surface area contributed by atoms with Crippen LogP contribution in [0.4, 0.5) is 4.79 Å². The van der Waals surface area contributed by atoms with E-state index in [2.05, 4.69) is 0 Å². The third-order valence-corrected chi connectivity index (χ3v) is 3.38. The molecule has 0 saturated carbocycles. The third kappa shape index (κ3) is 5.05. The zero-order valence-electron chi connectivity index (χ0n) is 15.1. The van der Waals surface area contributed by atoms with Gasteiger partial charge < -0.3 is 14.9 Å². The predicted octanol–water partition coefficient (Wildman–Crippen LogP) is 2.83. The van der Waals surface area contributed by atoms with Crippen molar-refractivity contribution in [3.8, 4) is 0 Å². The maximum Gasteiger partial charge on any atom is 0.410 e. The molecule has 0 aromatic heterocycles. The van der Waals surface area contributed by atoms with E-state index in [-0.39, 0.29) is 12.1 Å². The van der Waals surface area contributed by atoms with Gasteiger partial charge in [0.25, 0.3) is 0 Å². The fraction of sp³-hybridized carbons (Fsp3) is 0.588. The number of ether oxygens (including phenoxy) is 1. The fourth-order valence-electron chi connectivity index (χ4n) is 2.33. The van der Waals surface area contributed by atoms with E-state index in [1.165, 1.54) is 5.31 Å². The molecule has 1 saturated heterocycles. The largest absolute Gasteiger partial charge is 0.444 e. The van der Waals surface area contributed by atoms with Gasteiger partial charge in [-0.1, -0.05) is 30.3 Å². The van der Waals surface area contributed by atoms with Crippen molar-refractivity contribution in [2.45, 2.75) is 45.3 Å². The Labute approximate surface area is 130 Å². The highest BCUT2D eigenvalue weighted by Crippen LogP contribution is 2.16. The maximum absolute atomic E-state index is 12.5. The molecule has 21 heavy (non-hydrogen) atoms. The molecule has 1 aliphatic rings. The van der Waals surface area contributed by atoms with Crippen molar-refractivity contribution in [3.63, 3.8) is 0 Å². The van der Waals surface area contributed by atoms with Gasteiger partial charge in [0, 0.05) is 20.5 Å². The Morgan fingerprint density at radius 3 is 2.76 bits per heavy atom. The molecule has 1 N–H and O–H groups in total. The molecule has 2 rings (SSSR count). The Bertz CT molecular complexity index is 509. The quantitative estimate of drug-likeness (QED) is 0.928. The summed E-state index contributed by atoms with van der Waals surface area (Å²) in [6.07, 6.45) is 0.857. The zero-order valence-corrected chi connectivity index (χ0v) is 13.1. The highest BCUT2D eigenvalue weighted by Gasteiger charge is 2.29. The Morgan fingerprint density at radius 2 is 2.19 bits per heavy atom. The van der Waals surface area contributed by atoms with E-state index < -0.39 is 12.1 Å². The Morgan fingerprint density at radius 1 is 1.48 bits per heavy atom. The van der Waals surface area contributed by atoms with Gasteiger partial charge in [-0.25, -0.2) is 4.79 Å². The van der Waals surface area contributed by atoms with E-state index in [1.807, 2.05) is 51.1 Å². The van der Waals surface area contributed by atoms with Gasteiger partial charge >= 0.3 is 6.09 Å². The van der Waals surface area contributed by atoms with Crippen LogP contribution in [0.2, 0.25) is 1.41 Å². The molecule has 2 atom stereocenters. The minimum absolute atomic E-state index is 0.145. The molecule has 1 fully saturated rings. The summed E-state index contributed by atoms with van der Waals surface area (Å²) in [6, 6.07) is 9.85. The third-order valence-electron chi connectivity index (χ3n) is 3.38. The van der Waals surface area contributed by atoms with Crippen LogP contribution in [0.25, 0.3) is 0 Å². The lowest BCUT2D eigenvalue weighted by molar-refractivity contribution is 0.0179. The first kappa shape index (κ1) is 13.1. The number of benzene rings is 1. The van der Waals surface area contributed by atoms with Crippen molar-refractivity contribution < 1.29 is 12.3 Å². The van der Waals surface area contributed by atoms with E-state index in [0.29, 0.717) is 19.5 Å². The molecule has 4 heteroatoms. The summed E-state index contributed by atoms with van der Waals surface area (Å²) < 4.78 is 21.1. The average molecular weight is 292 g/mol. The summed E-state index contributed by atoms with van der Waals surface area (Å²) in [5, 5.41) is 1.23. The van der Waals surface area contributed by atoms with Gasteiger partial charge in [0.05, 0.1) is 0 Å². The highest BCUT2D eigenvalue weighted by atomic mass is 16.6. The number of carbonyl (C=O) groups excluding carboxylic acids is 1. The lowest BCUT2D eigenvalue weighted by atomic mass is 10.1. The summed E-state index contributed by atoms with van der Waals surface area (Å²) >= 11 is 0. The van der Waals surface area contributed by atoms with E-state index in [1.54, 1.807) is 4.90 Å². The Balaban J connectivity index is 2.06. The fourth-order valence-corrected chi connectivity index (χ4v) is 2.33. The van der Waals surface area contributed by atoms with Crippen LogP contribution in [0.1, 0.15) is 34.1 Å². The van der Waals surface area contributed by atoms with Crippen molar-refractivity contribution >= 4 is 6.09 Å². The lowest BCUT2D eigenvalue weighted by Crippen LogP contribution is -2.45. The zero-order chi connectivity index (χ0) is 17.0. The van der Waals surface area contributed by atoms with Crippen LogP contribution in [0.5, 0.6) is 0 Å². The summed E-state index contributed by atoms with van der Waals surface area (Å²) in [7, 11) is 0. The molecule has 0 aliphatic carbocycles. The van der Waals surface area contributed by atoms with E-state index in [9.17, 15) is 4.79 Å². The number of nitrogens with zero attached hydrogens (tertiary/aromatic N) is 1. The predicted molar refractivity (Wildman–Crippen MR) is 84.4 cm³/mol. The van der Waals surface area contributed by atoms with Crippen LogP contribution in [-0.2, 0) is 11.2 Å². The SMILES string of the molecule is [2H]C1CC(N(CCc2ccccc2)C(=O)OC(C)(C)C)CN1[2H]. The van der Waals surface area contributed by atoms with Crippen molar-refractivity contribution in [2.75, 3.05) is 19.6 Å². The summed E-state index contributed by atoms with van der Waals surface area (Å²) in [5.74, 6) is 0. The van der Waals surface area contributed by atoms with Gasteiger partial charge in [-0.15, -0.1) is 0 Å². The summed E-state index contributed by atoms with van der Waals surface area (Å²) in [6.45, 7) is 5.88. The molecule has 4 nitrogen and oxygen atoms in total. The topological polar surface area (TPSA) is 41.6 Å². The second-order valence-electron chi connectivity index (χ2n) is 6.35. The smallest absolute Gasteiger partial charge is 0.410 e. The van der Waals surface area contributed by atoms with Crippen LogP contribution >= 0.6 is 0 Å². The van der Waals surface area contributed by atoms with Gasteiger partial charge in [-0.2, -0.15) is 0 Å². The monoisotopic (exact) mass is 292 g/mol. The van der Waals surface area contributed by atoms with Crippen molar-refractivity contribution in [1.29, 1.82) is 0 Å². The van der Waals surface area contributed by atoms with Gasteiger partial charge in [0.15, 0.2) is 0 Å². The van der Waals surface area contributed by atoms with Gasteiger partial charge in [0.2, 0.25) is 0 Å². The second-order valence-corrected chi connectivity index (χ2v) is 6.35. The lowest BCUT2D eigenvalue weighted by Gasteiger charge is -2.31. The molecular formula is C17H26N2O2. The molecule has 0 spiro atoms. The molecule has 1 aromatic carbocycles. The van der Waals surface area contributed by atoms with Crippen LogP contribution in [0, 0.1) is 0 Å². The highest BCUT2D eigenvalue weighted by molar-refractivity contribution is 5.68. The van der Waals surface area contributed by atoms with Crippen molar-refractivity contribution in [2.24, 2.45) is 0 Å². The second kappa shape index (κ2) is 6.94. The molecular weight excluding hydrogens is 264 g/mol. The van der Waals surface area contributed by atoms with Gasteiger partial charge in [-0.3, -0.25) is 0 Å². The molecule has 0 bridgehead atoms. The first-order valence-corrected chi connectivity index (χ1v) is 7.47. The van der Waals surface area contributed by atoms with E-state index in [0.717, 1.165) is 12.0 Å². The van der Waals surface area contributed by atoms with E-state index >= 15 is 0 Å². The van der Waals surface area contributed by atoms with Gasteiger partial charge in [0.1, 0.15) is 7.01 Å². The number of nitrogens with one attached hydrogen (secondary N) is 1. The Hall–Kier alpha value is -1.55. The van der Waals surface area contributed by atoms with E-state index in [4.69, 9.17) is 7.52 Å². The first-order valence-electron chi connectivity index (χ1n) is 8.50. The van der Waals surface area contributed by atoms with Crippen LogP contribution < -0.4 is 5.31 Å². The number of amides is 1. The molecule has 1 heterocycles. The standard InChI is InChI=1S/C17H26N2O2/c1-17(2,3)21-16(20)19(15-9-11-18-13-15)12-10-14-7-5-4-6-8-14/h4-8,15,18H,9-13H2,1-3H3/i11D/hD. The van der Waals surface area contributed by atoms with Crippen LogP contribution in [-0.4, -0.2) is 42.2 Å². The first-order chi connectivity index (χ1) is 10.8. The molecule has 0 radical (unpaired) electrons. The maximum atomic E-state index is 12.5. The molecule has 1 aliphatic heterocycles. The number of carbonyl (C=O) groups is 1. The molecule has 2 unspecified atom stereocenters. The van der Waals surface area contributed by atoms with Gasteiger partial charge in [-0.05, 0) is 45.7 Å². The van der Waals surface area contributed by atoms with Crippen LogP contribution in [0.3, 0.4) is 0 Å². The average Bonchev–Trinajstić information content (AvgIpc) is 2.78. The minimum atomic E-state index is -0.582. The number of rotatable bonds is 4. The molecule has 116 valence electrons. The summed E-state index contributed by atoms with van der Waals surface area (Å²) in [5.41, 5.74) is 0.603.